The number of hydrogen-bond acceptors (Lipinski definition) is 18. The first kappa shape index (κ1) is 66.2. The summed E-state index contributed by atoms with van der Waals surface area (Å²) in [5.41, 5.74) is 16.3. The topological polar surface area (TPSA) is 446 Å². The molecule has 4 unspecified atom stereocenters. The minimum Gasteiger partial charge on any atom is -0.370 e. The molecule has 21 N–H and O–H groups in total. The number of primary amides is 2. The monoisotopic (exact) mass is 1110 g/mol. The van der Waals surface area contributed by atoms with Crippen LogP contribution < -0.4 is 97.0 Å². The molecule has 29 nitrogen and oxygen atoms in total. The van der Waals surface area contributed by atoms with Crippen molar-refractivity contribution in [2.75, 3.05) is 92.1 Å². The number of rotatable bonds is 28. The van der Waals surface area contributed by atoms with Crippen LogP contribution in [-0.4, -0.2) is 204 Å². The Morgan fingerprint density at radius 2 is 1.19 bits per heavy atom. The van der Waals surface area contributed by atoms with Gasteiger partial charge in [-0.3, -0.25) is 52.7 Å². The zero-order valence-electron chi connectivity index (χ0n) is 45.9. The smallest absolute Gasteiger partial charge is 0.243 e. The molecule has 4 rings (SSSR count). The van der Waals surface area contributed by atoms with Crippen molar-refractivity contribution in [1.82, 2.24) is 79.8 Å². The molecule has 0 aliphatic carbocycles. The van der Waals surface area contributed by atoms with Crippen LogP contribution >= 0.6 is 0 Å². The molecule has 442 valence electrons. The van der Waals surface area contributed by atoms with Gasteiger partial charge in [0, 0.05) is 117 Å². The number of carbonyl (C=O) groups excluding carboxylic acids is 11. The van der Waals surface area contributed by atoms with Crippen LogP contribution in [0.2, 0.25) is 0 Å². The Balaban J connectivity index is 1.65. The van der Waals surface area contributed by atoms with Gasteiger partial charge in [0.15, 0.2) is 0 Å². The molecule has 4 aliphatic heterocycles. The first-order chi connectivity index (χ1) is 37.0. The number of fused-ring (bicyclic) bond motifs is 15. The molecule has 0 radical (unpaired) electrons. The molecule has 0 saturated carbocycles. The lowest BCUT2D eigenvalue weighted by Gasteiger charge is -2.39. The summed E-state index contributed by atoms with van der Waals surface area (Å²) in [5, 5.41) is 44.5. The largest absolute Gasteiger partial charge is 0.370 e. The number of likely N-dealkylation sites (N-methyl/N-ethyl adjacent to an activating group) is 1. The molecule has 0 spiro atoms. The SMILES string of the molecule is CNC(=O)C(CC(N)=O)NC(=O)CNC(=O)C(CC(C)C)NC(=O)[C@H](CCCCNC(=O)CCCC(=O)N[C@]12CNCCNC[C@](N)(CNCCNC1)[C@@H](C)NCCNC2)NC(=O)C(CCC(N)=O)NC(=O)C1CCC(=O)N1. The second-order valence-corrected chi connectivity index (χ2v) is 20.9. The van der Waals surface area contributed by atoms with Gasteiger partial charge >= 0.3 is 0 Å². The molecule has 4 aliphatic rings. The van der Waals surface area contributed by atoms with Crippen LogP contribution in [0.3, 0.4) is 0 Å². The van der Waals surface area contributed by atoms with Crippen LogP contribution in [0.15, 0.2) is 0 Å². The first-order valence-electron chi connectivity index (χ1n) is 27.2. The summed E-state index contributed by atoms with van der Waals surface area (Å²) >= 11 is 0. The third-order valence-electron chi connectivity index (χ3n) is 13.6. The Morgan fingerprint density at radius 3 is 1.76 bits per heavy atom. The summed E-state index contributed by atoms with van der Waals surface area (Å²) < 4.78 is 0. The Labute approximate surface area is 456 Å². The highest BCUT2D eigenvalue weighted by atomic mass is 16.2. The number of nitrogens with one attached hydrogen (secondary N) is 15. The predicted octanol–water partition coefficient (Wildman–Crippen LogP) is -7.78. The van der Waals surface area contributed by atoms with E-state index in [0.717, 1.165) is 0 Å². The minimum atomic E-state index is -1.37. The first-order valence-corrected chi connectivity index (χ1v) is 27.2. The molecule has 0 aromatic rings. The Bertz CT molecular complexity index is 2020. The van der Waals surface area contributed by atoms with E-state index in [1.807, 2.05) is 0 Å². The zero-order chi connectivity index (χ0) is 57.7. The van der Waals surface area contributed by atoms with Crippen molar-refractivity contribution in [3.63, 3.8) is 0 Å². The van der Waals surface area contributed by atoms with Crippen LogP contribution in [0.1, 0.15) is 97.8 Å². The molecular weight excluding hydrogens is 1020 g/mol. The minimum absolute atomic E-state index is 0.0284. The third-order valence-corrected chi connectivity index (χ3v) is 13.6. The fourth-order valence-electron chi connectivity index (χ4n) is 9.08. The van der Waals surface area contributed by atoms with Gasteiger partial charge in [-0.25, -0.2) is 0 Å². The normalized spacial score (nSPS) is 22.8. The van der Waals surface area contributed by atoms with Gasteiger partial charge in [-0.15, -0.1) is 0 Å². The summed E-state index contributed by atoms with van der Waals surface area (Å²) in [6.07, 6.45) is 0.274. The van der Waals surface area contributed by atoms with Gasteiger partial charge in [-0.05, 0) is 57.8 Å². The van der Waals surface area contributed by atoms with Crippen LogP contribution in [0.4, 0.5) is 0 Å². The van der Waals surface area contributed by atoms with E-state index in [9.17, 15) is 52.7 Å². The highest BCUT2D eigenvalue weighted by Gasteiger charge is 2.36. The maximum atomic E-state index is 14.1. The van der Waals surface area contributed by atoms with Crippen LogP contribution in [0.25, 0.3) is 0 Å². The Morgan fingerprint density at radius 1 is 0.615 bits per heavy atom. The quantitative estimate of drug-likeness (QED) is 0.0324. The standard InChI is InChI=1S/C49H90N18O11/c1-30(2)22-35(44(75)61-24-42(73)63-36(23-38(51)69)43(74)53-4)66-45(76)32(64-47(78)34(11-13-37(50)68)65-46(77)33-12-14-40(71)62-33)8-5-6-15-60-39(70)9-7-10-41(72)67-48-25-54-16-18-57-28-49(52,29-58-19-17-55-26-48)31(3)59-21-20-56-27-48/h30-36,54-59H,5-29,52H2,1-4H3,(H2,50,68)(H2,51,69)(H,53,74)(H,60,70)(H,61,75)(H,62,71)(H,63,73)(H,64,78)(H,65,77)(H,66,76)(H,67,72)/t31-,32+,33?,34?,35?,36?,48-,49+/m1/s1. The van der Waals surface area contributed by atoms with Crippen molar-refractivity contribution >= 4 is 65.0 Å². The highest BCUT2D eigenvalue weighted by molar-refractivity contribution is 5.97. The lowest BCUT2D eigenvalue weighted by Crippen LogP contribution is -2.68. The number of nitrogens with two attached hydrogens (primary N) is 3. The second kappa shape index (κ2) is 34.7. The lowest BCUT2D eigenvalue weighted by molar-refractivity contribution is -0.135. The maximum absolute atomic E-state index is 14.1. The summed E-state index contributed by atoms with van der Waals surface area (Å²) in [6.45, 7) is 11.9. The molecule has 11 amide bonds. The van der Waals surface area contributed by atoms with E-state index in [1.165, 1.54) is 7.05 Å². The number of unbranched alkanes of at least 4 members (excludes halogenated alkanes) is 1. The fraction of sp³-hybridized carbons (Fsp3) is 0.776. The summed E-state index contributed by atoms with van der Waals surface area (Å²) in [4.78, 5) is 141. The van der Waals surface area contributed by atoms with Gasteiger partial charge in [0.2, 0.25) is 65.0 Å². The summed E-state index contributed by atoms with van der Waals surface area (Å²) in [6, 6.07) is -6.14. The van der Waals surface area contributed by atoms with Gasteiger partial charge in [-0.1, -0.05) is 13.8 Å². The van der Waals surface area contributed by atoms with Crippen LogP contribution in [0.5, 0.6) is 0 Å². The maximum Gasteiger partial charge on any atom is 0.243 e. The second-order valence-electron chi connectivity index (χ2n) is 20.9. The average Bonchev–Trinajstić information content (AvgIpc) is 3.83. The Kier molecular flexibility index (Phi) is 29.4. The van der Waals surface area contributed by atoms with Crippen LogP contribution in [0, 0.1) is 5.92 Å². The van der Waals surface area contributed by atoms with E-state index in [1.54, 1.807) is 13.8 Å². The number of hydrogen-bond donors (Lipinski definition) is 18. The van der Waals surface area contributed by atoms with Crippen molar-refractivity contribution in [1.29, 1.82) is 0 Å². The van der Waals surface area contributed by atoms with E-state index in [2.05, 4.69) is 86.7 Å². The highest BCUT2D eigenvalue weighted by Crippen LogP contribution is 2.12. The van der Waals surface area contributed by atoms with E-state index in [-0.39, 0.29) is 100 Å². The molecular formula is C49H90N18O11. The van der Waals surface area contributed by atoms with Crippen molar-refractivity contribution in [2.24, 2.45) is 23.1 Å². The predicted molar refractivity (Wildman–Crippen MR) is 288 cm³/mol. The van der Waals surface area contributed by atoms with Gasteiger partial charge in [-0.2, -0.15) is 0 Å². The molecule has 78 heavy (non-hydrogen) atoms. The molecule has 4 fully saturated rings. The molecule has 29 heteroatoms. The Hall–Kier alpha value is -6.11. The zero-order valence-corrected chi connectivity index (χ0v) is 45.9. The summed E-state index contributed by atoms with van der Waals surface area (Å²) in [5.74, 6) is -7.28. The molecule has 2 bridgehead atoms. The van der Waals surface area contributed by atoms with E-state index < -0.39 is 102 Å². The fourth-order valence-corrected chi connectivity index (χ4v) is 9.08. The van der Waals surface area contributed by atoms with Crippen molar-refractivity contribution in [2.45, 2.75) is 145 Å². The average molecular weight is 1110 g/mol. The van der Waals surface area contributed by atoms with Crippen molar-refractivity contribution in [3.05, 3.63) is 0 Å². The van der Waals surface area contributed by atoms with Gasteiger partial charge in [0.1, 0.15) is 30.2 Å². The van der Waals surface area contributed by atoms with Crippen molar-refractivity contribution in [3.8, 4) is 0 Å². The number of amides is 11. The molecule has 4 saturated heterocycles. The van der Waals surface area contributed by atoms with E-state index >= 15 is 0 Å². The molecule has 4 heterocycles. The number of carbonyl (C=O) groups is 11. The van der Waals surface area contributed by atoms with Gasteiger partial charge < -0.3 is 97.0 Å². The van der Waals surface area contributed by atoms with Gasteiger partial charge in [0.05, 0.1) is 24.0 Å². The third kappa shape index (κ3) is 25.1. The summed E-state index contributed by atoms with van der Waals surface area (Å²) in [7, 11) is 1.30. The van der Waals surface area contributed by atoms with Crippen molar-refractivity contribution < 1.29 is 52.7 Å². The lowest BCUT2D eigenvalue weighted by atomic mass is 9.91. The molecule has 0 aromatic heterocycles. The van der Waals surface area contributed by atoms with Gasteiger partial charge in [0.25, 0.3) is 0 Å². The van der Waals surface area contributed by atoms with E-state index in [0.29, 0.717) is 78.4 Å². The van der Waals surface area contributed by atoms with E-state index in [4.69, 9.17) is 17.2 Å². The van der Waals surface area contributed by atoms with Crippen LogP contribution in [-0.2, 0) is 52.7 Å². The molecule has 0 aromatic carbocycles. The molecule has 6 atom stereocenters.